The summed E-state index contributed by atoms with van der Waals surface area (Å²) < 4.78 is 3.59. The van der Waals surface area contributed by atoms with Crippen LogP contribution in [0, 0.1) is 0 Å². The summed E-state index contributed by atoms with van der Waals surface area (Å²) in [6.45, 7) is 0. The lowest BCUT2D eigenvalue weighted by molar-refractivity contribution is 0.117. The molecular weight excluding hydrogens is 495 g/mol. The highest BCUT2D eigenvalue weighted by atomic mass is 35.5. The SMILES string of the molecule is Cn1cncc1C(O)(c1ccc(Cl)cc1)c1ccc2c(c1)c(-c1cccc(Cl)c1)cc1nnc(N)n12. The van der Waals surface area contributed by atoms with Gasteiger partial charge in [0, 0.05) is 22.5 Å². The number of aromatic nitrogens is 5. The van der Waals surface area contributed by atoms with Crippen LogP contribution >= 0.6 is 23.2 Å². The second-order valence-electron chi connectivity index (χ2n) is 8.66. The minimum absolute atomic E-state index is 0.278. The number of nitrogens with zero attached hydrogens (tertiary/aromatic N) is 5. The quantitative estimate of drug-likeness (QED) is 0.325. The summed E-state index contributed by atoms with van der Waals surface area (Å²) in [6.07, 6.45) is 3.33. The third-order valence-electron chi connectivity index (χ3n) is 6.52. The number of hydrogen-bond acceptors (Lipinski definition) is 5. The number of benzene rings is 3. The van der Waals surface area contributed by atoms with Crippen molar-refractivity contribution >= 4 is 45.7 Å². The van der Waals surface area contributed by atoms with Crippen molar-refractivity contribution in [2.45, 2.75) is 5.60 Å². The maximum atomic E-state index is 12.4. The molecule has 0 aliphatic rings. The summed E-state index contributed by atoms with van der Waals surface area (Å²) in [5.74, 6) is 0.278. The molecule has 0 amide bonds. The van der Waals surface area contributed by atoms with Crippen molar-refractivity contribution in [1.82, 2.24) is 24.1 Å². The van der Waals surface area contributed by atoms with Crippen LogP contribution in [-0.2, 0) is 12.6 Å². The molecule has 1 atom stereocenters. The average molecular weight is 515 g/mol. The van der Waals surface area contributed by atoms with Gasteiger partial charge in [0.25, 0.3) is 0 Å². The van der Waals surface area contributed by atoms with Gasteiger partial charge >= 0.3 is 0 Å². The molecule has 0 radical (unpaired) electrons. The first-order chi connectivity index (χ1) is 17.4. The number of anilines is 1. The predicted octanol–water partition coefficient (Wildman–Crippen LogP) is 5.46. The second-order valence-corrected chi connectivity index (χ2v) is 9.53. The topological polar surface area (TPSA) is 94.3 Å². The summed E-state index contributed by atoms with van der Waals surface area (Å²) in [5.41, 5.74) is 9.79. The highest BCUT2D eigenvalue weighted by Gasteiger charge is 2.37. The van der Waals surface area contributed by atoms with E-state index in [-0.39, 0.29) is 5.95 Å². The molecule has 0 saturated carbocycles. The van der Waals surface area contributed by atoms with Gasteiger partial charge in [-0.15, -0.1) is 10.2 Å². The van der Waals surface area contributed by atoms with E-state index in [4.69, 9.17) is 28.9 Å². The molecule has 0 bridgehead atoms. The lowest BCUT2D eigenvalue weighted by Gasteiger charge is -2.30. The molecule has 0 aliphatic carbocycles. The number of halogens is 2. The van der Waals surface area contributed by atoms with Crippen LogP contribution in [0.5, 0.6) is 0 Å². The largest absolute Gasteiger partial charge is 0.374 e. The lowest BCUT2D eigenvalue weighted by Crippen LogP contribution is -2.31. The van der Waals surface area contributed by atoms with Gasteiger partial charge in [0.05, 0.1) is 23.7 Å². The van der Waals surface area contributed by atoms with E-state index in [1.807, 2.05) is 67.7 Å². The molecule has 3 aromatic carbocycles. The molecule has 0 fully saturated rings. The maximum absolute atomic E-state index is 12.4. The Bertz CT molecular complexity index is 1760. The van der Waals surface area contributed by atoms with Crippen molar-refractivity contribution in [3.63, 3.8) is 0 Å². The Balaban J connectivity index is 1.70. The number of hydrogen-bond donors (Lipinski definition) is 2. The van der Waals surface area contributed by atoms with Crippen molar-refractivity contribution in [3.8, 4) is 11.1 Å². The maximum Gasteiger partial charge on any atom is 0.226 e. The van der Waals surface area contributed by atoms with Crippen molar-refractivity contribution in [3.05, 3.63) is 112 Å². The van der Waals surface area contributed by atoms with Crippen LogP contribution in [0.25, 0.3) is 27.7 Å². The van der Waals surface area contributed by atoms with Gasteiger partial charge in [0.1, 0.15) is 0 Å². The zero-order valence-electron chi connectivity index (χ0n) is 19.1. The normalized spacial score (nSPS) is 13.3. The van der Waals surface area contributed by atoms with Crippen LogP contribution in [0.1, 0.15) is 16.8 Å². The van der Waals surface area contributed by atoms with Gasteiger partial charge in [-0.25, -0.2) is 4.98 Å². The zero-order chi connectivity index (χ0) is 25.0. The van der Waals surface area contributed by atoms with Gasteiger partial charge in [0.15, 0.2) is 11.2 Å². The Morgan fingerprint density at radius 3 is 2.39 bits per heavy atom. The van der Waals surface area contributed by atoms with Crippen molar-refractivity contribution in [2.24, 2.45) is 7.05 Å². The smallest absolute Gasteiger partial charge is 0.226 e. The van der Waals surface area contributed by atoms with Gasteiger partial charge in [-0.1, -0.05) is 53.5 Å². The molecule has 0 spiro atoms. The molecule has 7 nitrogen and oxygen atoms in total. The molecule has 1 unspecified atom stereocenters. The first-order valence-electron chi connectivity index (χ1n) is 11.2. The summed E-state index contributed by atoms with van der Waals surface area (Å²) in [5, 5.41) is 22.8. The van der Waals surface area contributed by atoms with Crippen molar-refractivity contribution in [2.75, 3.05) is 5.73 Å². The van der Waals surface area contributed by atoms with E-state index in [9.17, 15) is 5.11 Å². The van der Waals surface area contributed by atoms with Gasteiger partial charge in [0.2, 0.25) is 5.95 Å². The van der Waals surface area contributed by atoms with Crippen LogP contribution in [0.15, 0.2) is 85.3 Å². The zero-order valence-corrected chi connectivity index (χ0v) is 20.6. The summed E-state index contributed by atoms with van der Waals surface area (Å²) in [7, 11) is 1.85. The van der Waals surface area contributed by atoms with Crippen LogP contribution in [0.4, 0.5) is 5.95 Å². The average Bonchev–Trinajstić information content (AvgIpc) is 3.48. The van der Waals surface area contributed by atoms with Crippen molar-refractivity contribution < 1.29 is 5.11 Å². The fourth-order valence-electron chi connectivity index (χ4n) is 4.78. The van der Waals surface area contributed by atoms with E-state index >= 15 is 0 Å². The summed E-state index contributed by atoms with van der Waals surface area (Å²) in [6, 6.07) is 22.4. The number of fused-ring (bicyclic) bond motifs is 3. The first-order valence-corrected chi connectivity index (χ1v) is 11.9. The highest BCUT2D eigenvalue weighted by Crippen LogP contribution is 2.40. The van der Waals surface area contributed by atoms with Crippen LogP contribution in [0.3, 0.4) is 0 Å². The Kier molecular flexibility index (Phi) is 5.22. The van der Waals surface area contributed by atoms with E-state index in [1.54, 1.807) is 33.6 Å². The molecule has 3 aromatic heterocycles. The highest BCUT2D eigenvalue weighted by molar-refractivity contribution is 6.31. The number of aryl methyl sites for hydroxylation is 1. The Hall–Kier alpha value is -3.91. The van der Waals surface area contributed by atoms with E-state index in [0.29, 0.717) is 32.5 Å². The molecule has 3 heterocycles. The van der Waals surface area contributed by atoms with Crippen LogP contribution in [0.2, 0.25) is 10.0 Å². The molecule has 0 aliphatic heterocycles. The molecule has 6 aromatic rings. The molecule has 0 saturated heterocycles. The van der Waals surface area contributed by atoms with E-state index in [0.717, 1.165) is 22.0 Å². The Labute approximate surface area is 216 Å². The van der Waals surface area contributed by atoms with Gasteiger partial charge in [-0.05, 0) is 64.7 Å². The Morgan fingerprint density at radius 2 is 1.67 bits per heavy atom. The summed E-state index contributed by atoms with van der Waals surface area (Å²) in [4.78, 5) is 4.26. The van der Waals surface area contributed by atoms with E-state index in [1.165, 1.54) is 0 Å². The van der Waals surface area contributed by atoms with Crippen LogP contribution in [-0.4, -0.2) is 29.3 Å². The van der Waals surface area contributed by atoms with E-state index in [2.05, 4.69) is 15.2 Å². The monoisotopic (exact) mass is 514 g/mol. The summed E-state index contributed by atoms with van der Waals surface area (Å²) >= 11 is 12.5. The van der Waals surface area contributed by atoms with Gasteiger partial charge in [-0.3, -0.25) is 4.40 Å². The Morgan fingerprint density at radius 1 is 0.889 bits per heavy atom. The second kappa shape index (κ2) is 8.34. The predicted molar refractivity (Wildman–Crippen MR) is 142 cm³/mol. The van der Waals surface area contributed by atoms with Gasteiger partial charge in [-0.2, -0.15) is 0 Å². The number of nitrogens with two attached hydrogens (primary N) is 1. The molecular formula is C27H20Cl2N6O. The number of imidazole rings is 1. The fraction of sp³-hybridized carbons (Fsp3) is 0.0741. The molecule has 36 heavy (non-hydrogen) atoms. The standard InChI is InChI=1S/C27H20Cl2N6O/c1-34-15-31-14-24(34)27(36,17-5-8-19(28)9-6-17)18-7-10-23-22(12-18)21(16-3-2-4-20(29)11-16)13-25-32-33-26(30)35(23)25/h2-15,36H,1H3,(H2,30,33). The molecule has 178 valence electrons. The molecule has 9 heteroatoms. The number of pyridine rings is 1. The third-order valence-corrected chi connectivity index (χ3v) is 7.00. The van der Waals surface area contributed by atoms with Crippen LogP contribution < -0.4 is 5.73 Å². The third kappa shape index (κ3) is 3.44. The molecule has 6 rings (SSSR count). The van der Waals surface area contributed by atoms with E-state index < -0.39 is 5.60 Å². The van der Waals surface area contributed by atoms with Crippen molar-refractivity contribution in [1.29, 1.82) is 0 Å². The number of rotatable bonds is 4. The first kappa shape index (κ1) is 22.5. The van der Waals surface area contributed by atoms with Gasteiger partial charge < -0.3 is 15.4 Å². The minimum atomic E-state index is -1.51. The fourth-order valence-corrected chi connectivity index (χ4v) is 5.10. The molecule has 3 N–H and O–H groups in total. The lowest BCUT2D eigenvalue weighted by atomic mass is 9.82. The number of aliphatic hydroxyl groups is 1. The number of nitrogen functional groups attached to an aromatic ring is 1. The minimum Gasteiger partial charge on any atom is -0.374 e.